The number of amides is 1. The molecule has 0 radical (unpaired) electrons. The molecule has 2 N–H and O–H groups in total. The Bertz CT molecular complexity index is 698. The lowest BCUT2D eigenvalue weighted by Gasteiger charge is -2.20. The van der Waals surface area contributed by atoms with Gasteiger partial charge in [0.05, 0.1) is 6.42 Å². The van der Waals surface area contributed by atoms with Gasteiger partial charge in [-0.3, -0.25) is 4.79 Å². The lowest BCUT2D eigenvalue weighted by Crippen LogP contribution is -2.26. The Hall–Kier alpha value is -1.86. The Balaban J connectivity index is 1.62. The van der Waals surface area contributed by atoms with Gasteiger partial charge in [-0.1, -0.05) is 12.1 Å². The van der Waals surface area contributed by atoms with Crippen LogP contribution in [0.2, 0.25) is 0 Å². The maximum Gasteiger partial charge on any atom is 0.230 e. The molecule has 0 aliphatic carbocycles. The molecule has 0 saturated carbocycles. The Morgan fingerprint density at radius 3 is 2.91 bits per heavy atom. The summed E-state index contributed by atoms with van der Waals surface area (Å²) in [5, 5.41) is 6.47. The topological polar surface area (TPSA) is 54.0 Å². The number of hydrogen-bond donors (Lipinski definition) is 2. The zero-order chi connectivity index (χ0) is 16.2. The average molecular weight is 337 g/mol. The Kier molecular flexibility index (Phi) is 4.97. The normalized spacial score (nSPS) is 15.6. The van der Waals surface area contributed by atoms with Gasteiger partial charge in [-0.2, -0.15) is 0 Å². The monoisotopic (exact) mass is 337 g/mol. The van der Waals surface area contributed by atoms with Crippen LogP contribution in [0.15, 0.2) is 24.4 Å². The van der Waals surface area contributed by atoms with Gasteiger partial charge in [0.15, 0.2) is 16.8 Å². The molecule has 1 aliphatic rings. The fourth-order valence-electron chi connectivity index (χ4n) is 2.66. The summed E-state index contributed by atoms with van der Waals surface area (Å²) in [6.45, 7) is 1.98. The number of aromatic nitrogens is 1. The van der Waals surface area contributed by atoms with Gasteiger partial charge in [0.25, 0.3) is 0 Å². The molecule has 4 nitrogen and oxygen atoms in total. The first kappa shape index (κ1) is 16.0. The van der Waals surface area contributed by atoms with Crippen LogP contribution in [0.3, 0.4) is 0 Å². The second kappa shape index (κ2) is 7.14. The van der Waals surface area contributed by atoms with E-state index in [1.54, 1.807) is 6.20 Å². The second-order valence-corrected chi connectivity index (χ2v) is 6.59. The molecule has 3 rings (SSSR count). The number of anilines is 1. The molecule has 0 bridgehead atoms. The fraction of sp³-hybridized carbons (Fsp3) is 0.375. The van der Waals surface area contributed by atoms with Gasteiger partial charge in [0.2, 0.25) is 5.91 Å². The van der Waals surface area contributed by atoms with Crippen LogP contribution >= 0.6 is 11.3 Å². The molecule has 1 aromatic heterocycles. The van der Waals surface area contributed by atoms with Crippen molar-refractivity contribution in [1.29, 1.82) is 0 Å². The summed E-state index contributed by atoms with van der Waals surface area (Å²) < 4.78 is 26.7. The van der Waals surface area contributed by atoms with E-state index in [0.717, 1.165) is 36.9 Å². The third-order valence-electron chi connectivity index (χ3n) is 3.89. The molecule has 0 spiro atoms. The first-order valence-corrected chi connectivity index (χ1v) is 8.34. The molecule has 2 heterocycles. The summed E-state index contributed by atoms with van der Waals surface area (Å²) in [4.78, 5) is 17.4. The van der Waals surface area contributed by atoms with Crippen molar-refractivity contribution in [1.82, 2.24) is 10.3 Å². The van der Waals surface area contributed by atoms with Crippen molar-refractivity contribution in [2.75, 3.05) is 18.4 Å². The van der Waals surface area contributed by atoms with Gasteiger partial charge in [-0.05, 0) is 37.9 Å². The van der Waals surface area contributed by atoms with Gasteiger partial charge >= 0.3 is 0 Å². The van der Waals surface area contributed by atoms with Crippen LogP contribution in [0.5, 0.6) is 0 Å². The molecule has 1 aliphatic heterocycles. The number of nitrogens with one attached hydrogen (secondary N) is 2. The molecule has 1 aromatic carbocycles. The van der Waals surface area contributed by atoms with Gasteiger partial charge in [-0.25, -0.2) is 13.8 Å². The van der Waals surface area contributed by atoms with E-state index in [4.69, 9.17) is 0 Å². The number of thiazole rings is 1. The summed E-state index contributed by atoms with van der Waals surface area (Å²) in [5.41, 5.74) is 0.0395. The van der Waals surface area contributed by atoms with Crippen molar-refractivity contribution in [2.24, 2.45) is 0 Å². The largest absolute Gasteiger partial charge is 0.317 e. The molecule has 7 heteroatoms. The summed E-state index contributed by atoms with van der Waals surface area (Å²) in [6.07, 6.45) is 3.69. The van der Waals surface area contributed by atoms with Crippen molar-refractivity contribution in [3.63, 3.8) is 0 Å². The number of carbonyl (C=O) groups excluding carboxylic acids is 1. The van der Waals surface area contributed by atoms with Gasteiger partial charge < -0.3 is 10.6 Å². The average Bonchev–Trinajstić information content (AvgIpc) is 3.01. The number of carbonyl (C=O) groups is 1. The third kappa shape index (κ3) is 3.92. The van der Waals surface area contributed by atoms with Crippen LogP contribution in [-0.2, 0) is 11.2 Å². The molecule has 0 atom stereocenters. The van der Waals surface area contributed by atoms with Crippen molar-refractivity contribution in [3.8, 4) is 0 Å². The Morgan fingerprint density at radius 2 is 2.13 bits per heavy atom. The Labute approximate surface area is 136 Å². The lowest BCUT2D eigenvalue weighted by atomic mass is 9.97. The van der Waals surface area contributed by atoms with Crippen LogP contribution in [-0.4, -0.2) is 24.0 Å². The summed E-state index contributed by atoms with van der Waals surface area (Å²) in [7, 11) is 0. The molecule has 0 unspecified atom stereocenters. The molecule has 1 saturated heterocycles. The first-order valence-electron chi connectivity index (χ1n) is 7.52. The molecule has 23 heavy (non-hydrogen) atoms. The number of rotatable bonds is 4. The summed E-state index contributed by atoms with van der Waals surface area (Å²) in [6, 6.07) is 3.82. The molecule has 1 fully saturated rings. The molecule has 1 amide bonds. The smallest absolute Gasteiger partial charge is 0.230 e. The number of nitrogens with zero attached hydrogens (tertiary/aromatic N) is 1. The first-order chi connectivity index (χ1) is 11.1. The van der Waals surface area contributed by atoms with E-state index in [2.05, 4.69) is 15.6 Å². The number of halogens is 2. The fourth-order valence-corrected chi connectivity index (χ4v) is 3.66. The molecule has 2 aromatic rings. The van der Waals surface area contributed by atoms with Gasteiger partial charge in [-0.15, -0.1) is 11.3 Å². The maximum atomic E-state index is 13.6. The van der Waals surface area contributed by atoms with Gasteiger partial charge in [0.1, 0.15) is 0 Å². The number of benzene rings is 1. The minimum Gasteiger partial charge on any atom is -0.317 e. The standard InChI is InChI=1S/C16H17F2N3OS/c17-12-3-1-2-11(15(12)18)8-14(22)21-16-20-9-13(23-16)10-4-6-19-7-5-10/h1-3,9-10,19H,4-8H2,(H,20,21,22). The van der Waals surface area contributed by atoms with Crippen LogP contribution in [0.1, 0.15) is 29.2 Å². The highest BCUT2D eigenvalue weighted by Crippen LogP contribution is 2.31. The van der Waals surface area contributed by atoms with E-state index in [0.29, 0.717) is 11.0 Å². The van der Waals surface area contributed by atoms with E-state index in [1.165, 1.54) is 23.5 Å². The van der Waals surface area contributed by atoms with Crippen LogP contribution in [0, 0.1) is 11.6 Å². The predicted octanol–water partition coefficient (Wildman–Crippen LogP) is 3.07. The molecule has 122 valence electrons. The zero-order valence-electron chi connectivity index (χ0n) is 12.4. The zero-order valence-corrected chi connectivity index (χ0v) is 13.3. The number of piperidine rings is 1. The van der Waals surface area contributed by atoms with Crippen molar-refractivity contribution in [2.45, 2.75) is 25.2 Å². The van der Waals surface area contributed by atoms with E-state index >= 15 is 0 Å². The van der Waals surface area contributed by atoms with Crippen LogP contribution < -0.4 is 10.6 Å². The third-order valence-corrected chi connectivity index (χ3v) is 4.97. The van der Waals surface area contributed by atoms with Crippen LogP contribution in [0.25, 0.3) is 0 Å². The van der Waals surface area contributed by atoms with E-state index in [1.807, 2.05) is 0 Å². The summed E-state index contributed by atoms with van der Waals surface area (Å²) >= 11 is 1.45. The van der Waals surface area contributed by atoms with Gasteiger partial charge in [0, 0.05) is 16.6 Å². The minimum absolute atomic E-state index is 0.0395. The molecular weight excluding hydrogens is 320 g/mol. The maximum absolute atomic E-state index is 13.6. The SMILES string of the molecule is O=C(Cc1cccc(F)c1F)Nc1ncc(C2CCNCC2)s1. The highest BCUT2D eigenvalue weighted by Gasteiger charge is 2.19. The molecular formula is C16H17F2N3OS. The highest BCUT2D eigenvalue weighted by molar-refractivity contribution is 7.15. The lowest BCUT2D eigenvalue weighted by molar-refractivity contribution is -0.115. The second-order valence-electron chi connectivity index (χ2n) is 5.53. The minimum atomic E-state index is -0.975. The van der Waals surface area contributed by atoms with E-state index < -0.39 is 17.5 Å². The van der Waals surface area contributed by atoms with Crippen LogP contribution in [0.4, 0.5) is 13.9 Å². The van der Waals surface area contributed by atoms with Crippen molar-refractivity contribution in [3.05, 3.63) is 46.5 Å². The number of hydrogen-bond acceptors (Lipinski definition) is 4. The summed E-state index contributed by atoms with van der Waals surface area (Å²) in [5.74, 6) is -1.85. The highest BCUT2D eigenvalue weighted by atomic mass is 32.1. The van der Waals surface area contributed by atoms with Crippen molar-refractivity contribution < 1.29 is 13.6 Å². The quantitative estimate of drug-likeness (QED) is 0.901. The van der Waals surface area contributed by atoms with Crippen molar-refractivity contribution >= 4 is 22.4 Å². The van der Waals surface area contributed by atoms with E-state index in [-0.39, 0.29) is 12.0 Å². The van der Waals surface area contributed by atoms with E-state index in [9.17, 15) is 13.6 Å². The predicted molar refractivity (Wildman–Crippen MR) is 85.7 cm³/mol. The Morgan fingerprint density at radius 1 is 1.35 bits per heavy atom.